The Morgan fingerprint density at radius 2 is 1.82 bits per heavy atom. The summed E-state index contributed by atoms with van der Waals surface area (Å²) in [5, 5.41) is 12.8. The van der Waals surface area contributed by atoms with Gasteiger partial charge in [-0.05, 0) is 54.5 Å². The Kier molecular flexibility index (Phi) is 6.84. The first-order valence-electron chi connectivity index (χ1n) is 13.7. The summed E-state index contributed by atoms with van der Waals surface area (Å²) in [5.41, 5.74) is 3.84. The van der Waals surface area contributed by atoms with Crippen molar-refractivity contribution >= 4 is 17.7 Å². The van der Waals surface area contributed by atoms with Crippen molar-refractivity contribution in [3.05, 3.63) is 69.3 Å². The number of nitrogens with zero attached hydrogens (tertiary/aromatic N) is 1. The van der Waals surface area contributed by atoms with Crippen LogP contribution in [0.2, 0.25) is 0 Å². The van der Waals surface area contributed by atoms with Crippen LogP contribution in [0.1, 0.15) is 80.1 Å². The number of carboxylic acid groups (broad SMARTS) is 1. The number of carbonyl (C=O) groups excluding carboxylic acids is 2. The first kappa shape index (κ1) is 27.6. The third kappa shape index (κ3) is 4.59. The van der Waals surface area contributed by atoms with Gasteiger partial charge in [-0.3, -0.25) is 9.59 Å². The van der Waals surface area contributed by atoms with Crippen molar-refractivity contribution in [2.45, 2.75) is 72.8 Å². The van der Waals surface area contributed by atoms with Crippen LogP contribution in [0.15, 0.2) is 46.9 Å². The fraction of sp³-hybridized carbons (Fsp3) is 0.438. The van der Waals surface area contributed by atoms with Crippen LogP contribution in [0, 0.1) is 25.2 Å². The number of hydrogen-bond donors (Lipinski definition) is 2. The number of Topliss-reactive ketones (excluding diaryl/α,β-unsaturated/α-hetero) is 1. The highest BCUT2D eigenvalue weighted by Gasteiger charge is 2.48. The Morgan fingerprint density at radius 1 is 1.10 bits per heavy atom. The monoisotopic (exact) mass is 544 g/mol. The molecule has 8 heteroatoms. The fourth-order valence-corrected chi connectivity index (χ4v) is 6.21. The largest absolute Gasteiger partial charge is 0.496 e. The Hall–Kier alpha value is -3.94. The molecule has 210 valence electrons. The predicted molar refractivity (Wildman–Crippen MR) is 150 cm³/mol. The maximum Gasteiger partial charge on any atom is 0.354 e. The van der Waals surface area contributed by atoms with Gasteiger partial charge in [0.25, 0.3) is 5.91 Å². The summed E-state index contributed by atoms with van der Waals surface area (Å²) in [6, 6.07) is 7.07. The summed E-state index contributed by atoms with van der Waals surface area (Å²) in [5.74, 6) is -0.119. The molecule has 1 aromatic heterocycles. The number of carboxylic acids is 1. The van der Waals surface area contributed by atoms with Crippen molar-refractivity contribution < 1.29 is 29.0 Å². The number of ketones is 1. The van der Waals surface area contributed by atoms with Gasteiger partial charge in [0.15, 0.2) is 11.5 Å². The van der Waals surface area contributed by atoms with Crippen molar-refractivity contribution in [1.29, 1.82) is 0 Å². The molecule has 2 atom stereocenters. The summed E-state index contributed by atoms with van der Waals surface area (Å²) < 4.78 is 12.3. The number of allylic oxidation sites excluding steroid dienone is 2. The zero-order valence-corrected chi connectivity index (χ0v) is 24.1. The molecule has 40 heavy (non-hydrogen) atoms. The quantitative estimate of drug-likeness (QED) is 0.501. The van der Waals surface area contributed by atoms with Crippen molar-refractivity contribution in [1.82, 2.24) is 10.3 Å². The second-order valence-electron chi connectivity index (χ2n) is 12.2. The van der Waals surface area contributed by atoms with Crippen LogP contribution in [0.3, 0.4) is 0 Å². The smallest absolute Gasteiger partial charge is 0.354 e. The standard InChI is InChI=1S/C32H36N2O6/c1-15(2)20-12-23-27(30(36)34-20)28(26-21(35)13-32(5,6)14-24(26)40-23)25-17(4)18(9-11-22(25)39-7)19-10-8-16(3)29(33-19)31(37)38/h8-11,15,20,28H,12-14H2,1-7H3,(H,34,36)(H,37,38)/t20-,28-/m0/s1. The third-order valence-corrected chi connectivity index (χ3v) is 8.33. The van der Waals surface area contributed by atoms with E-state index in [4.69, 9.17) is 9.47 Å². The number of amides is 1. The molecule has 0 bridgehead atoms. The maximum atomic E-state index is 13.8. The number of benzene rings is 1. The molecular formula is C32H36N2O6. The highest BCUT2D eigenvalue weighted by atomic mass is 16.5. The molecule has 0 saturated heterocycles. The van der Waals surface area contributed by atoms with Gasteiger partial charge in [-0.2, -0.15) is 0 Å². The average molecular weight is 545 g/mol. The molecule has 0 fully saturated rings. The predicted octanol–water partition coefficient (Wildman–Crippen LogP) is 5.63. The van der Waals surface area contributed by atoms with Gasteiger partial charge in [0.1, 0.15) is 17.3 Å². The highest BCUT2D eigenvalue weighted by molar-refractivity contribution is 6.06. The van der Waals surface area contributed by atoms with Gasteiger partial charge in [0.05, 0.1) is 24.3 Å². The molecule has 5 rings (SSSR count). The second-order valence-corrected chi connectivity index (χ2v) is 12.2. The summed E-state index contributed by atoms with van der Waals surface area (Å²) in [7, 11) is 1.57. The van der Waals surface area contributed by atoms with E-state index in [9.17, 15) is 19.5 Å². The molecule has 0 spiro atoms. The lowest BCUT2D eigenvalue weighted by molar-refractivity contribution is -0.120. The zero-order valence-electron chi connectivity index (χ0n) is 24.1. The van der Waals surface area contributed by atoms with Crippen LogP contribution in [0.5, 0.6) is 5.75 Å². The topological polar surface area (TPSA) is 115 Å². The lowest BCUT2D eigenvalue weighted by Gasteiger charge is -2.42. The molecule has 1 aliphatic carbocycles. The number of aromatic carboxylic acids is 1. The van der Waals surface area contributed by atoms with Gasteiger partial charge >= 0.3 is 5.97 Å². The van der Waals surface area contributed by atoms with Crippen molar-refractivity contribution in [2.75, 3.05) is 7.11 Å². The number of nitrogens with one attached hydrogen (secondary N) is 1. The number of hydrogen-bond acceptors (Lipinski definition) is 6. The Bertz CT molecular complexity index is 1510. The van der Waals surface area contributed by atoms with Crippen LogP contribution in [-0.2, 0) is 14.3 Å². The van der Waals surface area contributed by atoms with Gasteiger partial charge in [-0.25, -0.2) is 9.78 Å². The van der Waals surface area contributed by atoms with Crippen molar-refractivity contribution in [3.8, 4) is 17.0 Å². The SMILES string of the molecule is COc1ccc(-c2ccc(C)c(C(=O)O)n2)c(C)c1[C@H]1C2=C(CC(C)(C)CC2=O)OC2=C1C(=O)N[C@H](C(C)C)C2. The molecule has 3 aliphatic rings. The summed E-state index contributed by atoms with van der Waals surface area (Å²) in [6.45, 7) is 11.8. The van der Waals surface area contributed by atoms with Crippen LogP contribution in [0.4, 0.5) is 0 Å². The number of aryl methyl sites for hydroxylation is 1. The number of rotatable bonds is 5. The van der Waals surface area contributed by atoms with Gasteiger partial charge in [0.2, 0.25) is 0 Å². The number of methoxy groups -OCH3 is 1. The molecule has 1 aromatic carbocycles. The lowest BCUT2D eigenvalue weighted by atomic mass is 9.68. The zero-order chi connectivity index (χ0) is 29.1. The molecular weight excluding hydrogens is 508 g/mol. The molecule has 0 saturated carbocycles. The molecule has 0 radical (unpaired) electrons. The molecule has 2 aliphatic heterocycles. The van der Waals surface area contributed by atoms with E-state index in [1.807, 2.05) is 13.0 Å². The molecule has 3 heterocycles. The molecule has 1 amide bonds. The minimum Gasteiger partial charge on any atom is -0.496 e. The summed E-state index contributed by atoms with van der Waals surface area (Å²) in [6.07, 6.45) is 1.45. The van der Waals surface area contributed by atoms with E-state index in [-0.39, 0.29) is 34.8 Å². The first-order valence-corrected chi connectivity index (χ1v) is 13.7. The normalized spacial score (nSPS) is 22.0. The third-order valence-electron chi connectivity index (χ3n) is 8.33. The Morgan fingerprint density at radius 3 is 2.48 bits per heavy atom. The maximum absolute atomic E-state index is 13.8. The van der Waals surface area contributed by atoms with E-state index in [0.717, 1.165) is 5.56 Å². The molecule has 8 nitrogen and oxygen atoms in total. The molecule has 2 N–H and O–H groups in total. The van der Waals surface area contributed by atoms with Crippen molar-refractivity contribution in [2.24, 2.45) is 11.3 Å². The van der Waals surface area contributed by atoms with E-state index >= 15 is 0 Å². The van der Waals surface area contributed by atoms with E-state index in [1.165, 1.54) is 0 Å². The van der Waals surface area contributed by atoms with Crippen LogP contribution >= 0.6 is 0 Å². The minimum atomic E-state index is -1.10. The minimum absolute atomic E-state index is 0.0219. The summed E-state index contributed by atoms with van der Waals surface area (Å²) >= 11 is 0. The van der Waals surface area contributed by atoms with Crippen molar-refractivity contribution in [3.63, 3.8) is 0 Å². The Balaban J connectivity index is 1.77. The Labute approximate surface area is 234 Å². The van der Waals surface area contributed by atoms with Gasteiger partial charge in [0, 0.05) is 42.0 Å². The number of pyridine rings is 1. The molecule has 0 unspecified atom stereocenters. The van der Waals surface area contributed by atoms with E-state index in [1.54, 1.807) is 32.2 Å². The van der Waals surface area contributed by atoms with Crippen LogP contribution in [-0.4, -0.2) is 40.9 Å². The second kappa shape index (κ2) is 9.91. The van der Waals surface area contributed by atoms with E-state index in [2.05, 4.69) is 38.0 Å². The van der Waals surface area contributed by atoms with Crippen LogP contribution < -0.4 is 10.1 Å². The first-order chi connectivity index (χ1) is 18.8. The highest BCUT2D eigenvalue weighted by Crippen LogP contribution is 2.53. The number of ether oxygens (including phenoxy) is 2. The number of aromatic nitrogens is 1. The number of carbonyl (C=O) groups is 3. The average Bonchev–Trinajstić information content (AvgIpc) is 2.86. The van der Waals surface area contributed by atoms with E-state index in [0.29, 0.717) is 70.1 Å². The lowest BCUT2D eigenvalue weighted by Crippen LogP contribution is -2.47. The van der Waals surface area contributed by atoms with Crippen LogP contribution in [0.25, 0.3) is 11.3 Å². The van der Waals surface area contributed by atoms with E-state index < -0.39 is 11.9 Å². The van der Waals surface area contributed by atoms with Gasteiger partial charge in [-0.15, -0.1) is 0 Å². The molecule has 2 aromatic rings. The van der Waals surface area contributed by atoms with Gasteiger partial charge < -0.3 is 19.9 Å². The van der Waals surface area contributed by atoms with Gasteiger partial charge in [-0.1, -0.05) is 33.8 Å². The summed E-state index contributed by atoms with van der Waals surface area (Å²) in [4.78, 5) is 43.8. The fourth-order valence-electron chi connectivity index (χ4n) is 6.21.